The summed E-state index contributed by atoms with van der Waals surface area (Å²) < 4.78 is 10.7. The van der Waals surface area contributed by atoms with E-state index in [-0.39, 0.29) is 5.78 Å². The second-order valence-electron chi connectivity index (χ2n) is 4.47. The number of carbonyl (C=O) groups excluding carboxylic acids is 1. The molecule has 0 amide bonds. The predicted octanol–water partition coefficient (Wildman–Crippen LogP) is 3.38. The van der Waals surface area contributed by atoms with E-state index in [0.29, 0.717) is 23.8 Å². The van der Waals surface area contributed by atoms with E-state index < -0.39 is 0 Å². The maximum absolute atomic E-state index is 11.5. The van der Waals surface area contributed by atoms with Crippen molar-refractivity contribution < 1.29 is 14.3 Å². The van der Waals surface area contributed by atoms with Crippen LogP contribution in [0.15, 0.2) is 24.3 Å². The van der Waals surface area contributed by atoms with Gasteiger partial charge in [0.15, 0.2) is 5.78 Å². The van der Waals surface area contributed by atoms with Crippen molar-refractivity contribution in [2.45, 2.75) is 27.1 Å². The zero-order valence-electron chi connectivity index (χ0n) is 11.8. The molecule has 1 aromatic carbocycles. The number of carbonyl (C=O) groups is 1. The third-order valence-corrected chi connectivity index (χ3v) is 3.90. The third kappa shape index (κ3) is 3.65. The Bertz CT molecular complexity index is 590. The summed E-state index contributed by atoms with van der Waals surface area (Å²) in [5.74, 6) is 0.805. The molecule has 2 rings (SSSR count). The molecule has 0 spiro atoms. The molecule has 106 valence electrons. The lowest BCUT2D eigenvalue weighted by Gasteiger charge is -2.03. The molecule has 0 saturated heterocycles. The summed E-state index contributed by atoms with van der Waals surface area (Å²) in [6.07, 6.45) is 0. The van der Waals surface area contributed by atoms with Gasteiger partial charge in [-0.15, -0.1) is 11.3 Å². The Balaban J connectivity index is 2.07. The minimum absolute atomic E-state index is 0.0103. The first-order chi connectivity index (χ1) is 9.60. The quantitative estimate of drug-likeness (QED) is 0.766. The van der Waals surface area contributed by atoms with E-state index in [9.17, 15) is 4.79 Å². The maximum Gasteiger partial charge on any atom is 0.171 e. The van der Waals surface area contributed by atoms with Crippen LogP contribution in [0.2, 0.25) is 0 Å². The molecule has 0 atom stereocenters. The van der Waals surface area contributed by atoms with Crippen LogP contribution in [0.5, 0.6) is 5.75 Å². The molecule has 0 fully saturated rings. The van der Waals surface area contributed by atoms with Crippen LogP contribution in [-0.2, 0) is 18.0 Å². The van der Waals surface area contributed by atoms with Crippen molar-refractivity contribution in [1.82, 2.24) is 4.98 Å². The van der Waals surface area contributed by atoms with Crippen LogP contribution in [0.25, 0.3) is 0 Å². The summed E-state index contributed by atoms with van der Waals surface area (Å²) in [5.41, 5.74) is 1.88. The number of nitrogens with zero attached hydrogens (tertiary/aromatic N) is 1. The second-order valence-corrected chi connectivity index (χ2v) is 5.56. The first-order valence-corrected chi connectivity index (χ1v) is 7.09. The van der Waals surface area contributed by atoms with E-state index in [1.54, 1.807) is 7.11 Å². The highest BCUT2D eigenvalue weighted by atomic mass is 32.1. The van der Waals surface area contributed by atoms with Gasteiger partial charge >= 0.3 is 0 Å². The molecule has 0 bridgehead atoms. The molecule has 0 aliphatic carbocycles. The Hall–Kier alpha value is -1.72. The summed E-state index contributed by atoms with van der Waals surface area (Å²) in [4.78, 5) is 16.6. The van der Waals surface area contributed by atoms with Gasteiger partial charge in [0, 0.05) is 14.0 Å². The van der Waals surface area contributed by atoms with Crippen LogP contribution in [0.1, 0.15) is 32.9 Å². The van der Waals surface area contributed by atoms with Gasteiger partial charge in [0.05, 0.1) is 17.2 Å². The van der Waals surface area contributed by atoms with Crippen LogP contribution in [0.3, 0.4) is 0 Å². The lowest BCUT2D eigenvalue weighted by molar-refractivity contribution is 0.101. The fourth-order valence-electron chi connectivity index (χ4n) is 1.75. The molecule has 1 heterocycles. The van der Waals surface area contributed by atoms with Crippen LogP contribution < -0.4 is 4.74 Å². The summed E-state index contributed by atoms with van der Waals surface area (Å²) in [5, 5.41) is 0.780. The van der Waals surface area contributed by atoms with Gasteiger partial charge in [0.2, 0.25) is 0 Å². The van der Waals surface area contributed by atoms with Gasteiger partial charge in [-0.3, -0.25) is 4.79 Å². The molecule has 1 aromatic heterocycles. The average Bonchev–Trinajstić information content (AvgIpc) is 2.82. The van der Waals surface area contributed by atoms with Gasteiger partial charge in [-0.2, -0.15) is 0 Å². The Morgan fingerprint density at radius 1 is 1.25 bits per heavy atom. The number of hydrogen-bond donors (Lipinski definition) is 0. The van der Waals surface area contributed by atoms with Crippen LogP contribution in [-0.4, -0.2) is 17.9 Å². The fourth-order valence-corrected chi connectivity index (χ4v) is 2.63. The van der Waals surface area contributed by atoms with E-state index in [2.05, 4.69) is 4.98 Å². The summed E-state index contributed by atoms with van der Waals surface area (Å²) in [7, 11) is 1.59. The first-order valence-electron chi connectivity index (χ1n) is 6.28. The number of hydrogen-bond acceptors (Lipinski definition) is 5. The monoisotopic (exact) mass is 291 g/mol. The topological polar surface area (TPSA) is 48.4 Å². The molecular formula is C15H17NO3S. The highest BCUT2D eigenvalue weighted by Crippen LogP contribution is 2.22. The molecule has 4 nitrogen and oxygen atoms in total. The Morgan fingerprint density at radius 2 is 1.95 bits per heavy atom. The number of thiazole rings is 1. The van der Waals surface area contributed by atoms with E-state index in [4.69, 9.17) is 9.47 Å². The van der Waals surface area contributed by atoms with Crippen molar-refractivity contribution >= 4 is 17.1 Å². The van der Waals surface area contributed by atoms with E-state index in [0.717, 1.165) is 10.8 Å². The lowest BCUT2D eigenvalue weighted by Crippen LogP contribution is -1.98. The minimum atomic E-state index is 0.0103. The Labute approximate surface area is 122 Å². The molecule has 0 unspecified atom stereocenters. The van der Waals surface area contributed by atoms with Crippen molar-refractivity contribution in [3.63, 3.8) is 0 Å². The van der Waals surface area contributed by atoms with Gasteiger partial charge in [0.1, 0.15) is 17.4 Å². The summed E-state index contributed by atoms with van der Waals surface area (Å²) in [6.45, 7) is 4.27. The van der Waals surface area contributed by atoms with Gasteiger partial charge in [0.25, 0.3) is 0 Å². The van der Waals surface area contributed by atoms with Gasteiger partial charge in [-0.1, -0.05) is 17.7 Å². The number of aromatic nitrogens is 1. The van der Waals surface area contributed by atoms with E-state index in [1.165, 1.54) is 23.8 Å². The first kappa shape index (κ1) is 14.7. The van der Waals surface area contributed by atoms with Gasteiger partial charge < -0.3 is 9.47 Å². The molecular weight excluding hydrogens is 274 g/mol. The number of ether oxygens (including phenoxy) is 2. The molecule has 2 aromatic rings. The summed E-state index contributed by atoms with van der Waals surface area (Å²) in [6, 6.07) is 7.83. The molecule has 5 heteroatoms. The van der Waals surface area contributed by atoms with Crippen molar-refractivity contribution in [2.24, 2.45) is 0 Å². The number of ketones is 1. The standard InChI is InChI=1S/C15H17NO3S/c1-10-4-6-12(7-5-10)19-9-14-16-13(8-18-3)15(20-14)11(2)17/h4-7H,8-9H2,1-3H3. The molecule has 0 N–H and O–H groups in total. The van der Waals surface area contributed by atoms with Crippen molar-refractivity contribution in [3.8, 4) is 5.75 Å². The smallest absolute Gasteiger partial charge is 0.171 e. The minimum Gasteiger partial charge on any atom is -0.486 e. The van der Waals surface area contributed by atoms with E-state index >= 15 is 0 Å². The zero-order chi connectivity index (χ0) is 14.5. The number of methoxy groups -OCH3 is 1. The Kier molecular flexibility index (Phi) is 4.87. The average molecular weight is 291 g/mol. The van der Waals surface area contributed by atoms with Crippen LogP contribution in [0, 0.1) is 6.92 Å². The van der Waals surface area contributed by atoms with Gasteiger partial charge in [-0.05, 0) is 19.1 Å². The molecule has 0 radical (unpaired) electrons. The third-order valence-electron chi connectivity index (χ3n) is 2.73. The predicted molar refractivity (Wildman–Crippen MR) is 78.3 cm³/mol. The van der Waals surface area contributed by atoms with Crippen molar-refractivity contribution in [2.75, 3.05) is 7.11 Å². The van der Waals surface area contributed by atoms with Crippen LogP contribution >= 0.6 is 11.3 Å². The maximum atomic E-state index is 11.5. The largest absolute Gasteiger partial charge is 0.486 e. The number of aryl methyl sites for hydroxylation is 1. The summed E-state index contributed by atoms with van der Waals surface area (Å²) >= 11 is 1.36. The molecule has 0 saturated carbocycles. The lowest BCUT2D eigenvalue weighted by atomic mass is 10.2. The molecule has 0 aliphatic heterocycles. The number of benzene rings is 1. The van der Waals surface area contributed by atoms with E-state index in [1.807, 2.05) is 31.2 Å². The second kappa shape index (κ2) is 6.63. The highest BCUT2D eigenvalue weighted by Gasteiger charge is 2.15. The Morgan fingerprint density at radius 3 is 2.55 bits per heavy atom. The van der Waals surface area contributed by atoms with Crippen molar-refractivity contribution in [3.05, 3.63) is 45.4 Å². The highest BCUT2D eigenvalue weighted by molar-refractivity contribution is 7.13. The molecule has 20 heavy (non-hydrogen) atoms. The number of Topliss-reactive ketones (excluding diaryl/α,β-unsaturated/α-hetero) is 1. The SMILES string of the molecule is COCc1nc(COc2ccc(C)cc2)sc1C(C)=O. The number of rotatable bonds is 6. The fraction of sp³-hybridized carbons (Fsp3) is 0.333. The zero-order valence-corrected chi connectivity index (χ0v) is 12.6. The van der Waals surface area contributed by atoms with Gasteiger partial charge in [-0.25, -0.2) is 4.98 Å². The van der Waals surface area contributed by atoms with Crippen molar-refractivity contribution in [1.29, 1.82) is 0 Å². The molecule has 0 aliphatic rings. The van der Waals surface area contributed by atoms with Crippen LogP contribution in [0.4, 0.5) is 0 Å². The normalized spacial score (nSPS) is 10.6.